The standard InChI is InChI=1S/C16H24FNO/c1-11-3-5-12(6-4-11)14(10-18)13-7-8-16(19-2)15(17)9-13/h7-9,11-12,14H,3-6,10,18H2,1-2H3. The fourth-order valence-electron chi connectivity index (χ4n) is 3.20. The first kappa shape index (κ1) is 14.3. The molecule has 0 aliphatic heterocycles. The molecular formula is C16H24FNO. The summed E-state index contributed by atoms with van der Waals surface area (Å²) in [6.45, 7) is 2.89. The van der Waals surface area contributed by atoms with Gasteiger partial charge in [0.15, 0.2) is 11.6 Å². The number of hydrogen-bond donors (Lipinski definition) is 1. The minimum Gasteiger partial charge on any atom is -0.494 e. The molecule has 1 atom stereocenters. The zero-order valence-corrected chi connectivity index (χ0v) is 11.9. The second kappa shape index (κ2) is 6.38. The predicted molar refractivity (Wildman–Crippen MR) is 75.9 cm³/mol. The Morgan fingerprint density at radius 3 is 2.53 bits per heavy atom. The highest BCUT2D eigenvalue weighted by Crippen LogP contribution is 2.38. The molecule has 0 heterocycles. The number of methoxy groups -OCH3 is 1. The lowest BCUT2D eigenvalue weighted by molar-refractivity contribution is 0.255. The summed E-state index contributed by atoms with van der Waals surface area (Å²) in [7, 11) is 1.49. The van der Waals surface area contributed by atoms with Gasteiger partial charge in [-0.3, -0.25) is 0 Å². The molecule has 1 aromatic rings. The largest absolute Gasteiger partial charge is 0.494 e. The van der Waals surface area contributed by atoms with Crippen LogP contribution in [0, 0.1) is 17.7 Å². The first-order chi connectivity index (χ1) is 9.15. The molecule has 0 radical (unpaired) electrons. The van der Waals surface area contributed by atoms with E-state index in [4.69, 9.17) is 10.5 Å². The first-order valence-electron chi connectivity index (χ1n) is 7.19. The van der Waals surface area contributed by atoms with Gasteiger partial charge in [0.1, 0.15) is 0 Å². The van der Waals surface area contributed by atoms with Gasteiger partial charge in [-0.1, -0.05) is 25.8 Å². The molecule has 0 aromatic heterocycles. The van der Waals surface area contributed by atoms with Crippen molar-refractivity contribution in [2.45, 2.75) is 38.5 Å². The number of hydrogen-bond acceptors (Lipinski definition) is 2. The summed E-state index contributed by atoms with van der Waals surface area (Å²) in [5.74, 6) is 1.70. The number of rotatable bonds is 4. The SMILES string of the molecule is COc1ccc(C(CN)C2CCC(C)CC2)cc1F. The number of halogens is 1. The highest BCUT2D eigenvalue weighted by atomic mass is 19.1. The van der Waals surface area contributed by atoms with Crippen LogP contribution in [-0.4, -0.2) is 13.7 Å². The average molecular weight is 265 g/mol. The molecule has 0 saturated heterocycles. The monoisotopic (exact) mass is 265 g/mol. The molecule has 1 aliphatic carbocycles. The van der Waals surface area contributed by atoms with Crippen LogP contribution in [0.25, 0.3) is 0 Å². The zero-order valence-electron chi connectivity index (χ0n) is 11.9. The van der Waals surface area contributed by atoms with Crippen LogP contribution >= 0.6 is 0 Å². The van der Waals surface area contributed by atoms with Gasteiger partial charge in [0.25, 0.3) is 0 Å². The molecule has 0 amide bonds. The molecule has 2 rings (SSSR count). The van der Waals surface area contributed by atoms with Gasteiger partial charge in [-0.25, -0.2) is 4.39 Å². The second-order valence-corrected chi connectivity index (χ2v) is 5.76. The Labute approximate surface area is 115 Å². The molecule has 106 valence electrons. The summed E-state index contributed by atoms with van der Waals surface area (Å²) in [5, 5.41) is 0. The van der Waals surface area contributed by atoms with Gasteiger partial charge in [-0.2, -0.15) is 0 Å². The lowest BCUT2D eigenvalue weighted by Crippen LogP contribution is -2.25. The summed E-state index contributed by atoms with van der Waals surface area (Å²) < 4.78 is 18.8. The number of benzene rings is 1. The third-order valence-electron chi connectivity index (χ3n) is 4.49. The summed E-state index contributed by atoms with van der Waals surface area (Å²) in [4.78, 5) is 0. The lowest BCUT2D eigenvalue weighted by atomic mass is 9.74. The number of ether oxygens (including phenoxy) is 1. The molecule has 1 unspecified atom stereocenters. The van der Waals surface area contributed by atoms with Crippen molar-refractivity contribution in [3.05, 3.63) is 29.6 Å². The van der Waals surface area contributed by atoms with Crippen molar-refractivity contribution in [3.8, 4) is 5.75 Å². The Kier molecular flexibility index (Phi) is 4.81. The average Bonchev–Trinajstić information content (AvgIpc) is 2.42. The van der Waals surface area contributed by atoms with Crippen LogP contribution in [0.3, 0.4) is 0 Å². The van der Waals surface area contributed by atoms with Gasteiger partial charge in [0.2, 0.25) is 0 Å². The van der Waals surface area contributed by atoms with Crippen molar-refractivity contribution >= 4 is 0 Å². The first-order valence-corrected chi connectivity index (χ1v) is 7.19. The molecule has 19 heavy (non-hydrogen) atoms. The molecule has 1 aromatic carbocycles. The van der Waals surface area contributed by atoms with Crippen LogP contribution < -0.4 is 10.5 Å². The van der Waals surface area contributed by atoms with Gasteiger partial charge in [-0.15, -0.1) is 0 Å². The van der Waals surface area contributed by atoms with Crippen LogP contribution in [-0.2, 0) is 0 Å². The van der Waals surface area contributed by atoms with Crippen molar-refractivity contribution in [1.82, 2.24) is 0 Å². The zero-order chi connectivity index (χ0) is 13.8. The predicted octanol–water partition coefficient (Wildman–Crippen LogP) is 3.70. The molecule has 1 fully saturated rings. The normalized spacial score (nSPS) is 25.1. The molecule has 2 nitrogen and oxygen atoms in total. The van der Waals surface area contributed by atoms with Crippen molar-refractivity contribution in [3.63, 3.8) is 0 Å². The maximum Gasteiger partial charge on any atom is 0.165 e. The van der Waals surface area contributed by atoms with Crippen molar-refractivity contribution in [2.75, 3.05) is 13.7 Å². The Morgan fingerprint density at radius 1 is 1.32 bits per heavy atom. The maximum absolute atomic E-state index is 13.8. The van der Waals surface area contributed by atoms with E-state index in [0.29, 0.717) is 18.2 Å². The van der Waals surface area contributed by atoms with Gasteiger partial charge in [-0.05, 0) is 54.8 Å². The van der Waals surface area contributed by atoms with Crippen LogP contribution in [0.5, 0.6) is 5.75 Å². The molecule has 0 bridgehead atoms. The fourth-order valence-corrected chi connectivity index (χ4v) is 3.20. The van der Waals surface area contributed by atoms with Crippen molar-refractivity contribution in [2.24, 2.45) is 17.6 Å². The molecule has 1 saturated carbocycles. The quantitative estimate of drug-likeness (QED) is 0.901. The van der Waals surface area contributed by atoms with Gasteiger partial charge in [0, 0.05) is 0 Å². The number of nitrogens with two attached hydrogens (primary N) is 1. The minimum atomic E-state index is -0.289. The van der Waals surface area contributed by atoms with E-state index in [0.717, 1.165) is 11.5 Å². The summed E-state index contributed by atoms with van der Waals surface area (Å²) >= 11 is 0. The second-order valence-electron chi connectivity index (χ2n) is 5.76. The summed E-state index contributed by atoms with van der Waals surface area (Å²) in [6, 6.07) is 5.25. The highest BCUT2D eigenvalue weighted by molar-refractivity contribution is 5.31. The Bertz CT molecular complexity index is 413. The Morgan fingerprint density at radius 2 is 2.00 bits per heavy atom. The van der Waals surface area contributed by atoms with Crippen molar-refractivity contribution < 1.29 is 9.13 Å². The van der Waals surface area contributed by atoms with E-state index >= 15 is 0 Å². The van der Waals surface area contributed by atoms with E-state index < -0.39 is 0 Å². The molecule has 1 aliphatic rings. The van der Waals surface area contributed by atoms with Gasteiger partial charge in [0.05, 0.1) is 7.11 Å². The maximum atomic E-state index is 13.8. The van der Waals surface area contributed by atoms with Crippen LogP contribution in [0.1, 0.15) is 44.1 Å². The van der Waals surface area contributed by atoms with E-state index in [9.17, 15) is 4.39 Å². The summed E-state index contributed by atoms with van der Waals surface area (Å²) in [6.07, 6.45) is 4.94. The molecular weight excluding hydrogens is 241 g/mol. The Hall–Kier alpha value is -1.09. The van der Waals surface area contributed by atoms with Gasteiger partial charge < -0.3 is 10.5 Å². The third-order valence-corrected chi connectivity index (χ3v) is 4.49. The lowest BCUT2D eigenvalue weighted by Gasteiger charge is -2.32. The van der Waals surface area contributed by atoms with E-state index in [1.165, 1.54) is 32.8 Å². The van der Waals surface area contributed by atoms with E-state index in [1.54, 1.807) is 12.1 Å². The fraction of sp³-hybridized carbons (Fsp3) is 0.625. The van der Waals surface area contributed by atoms with Crippen LogP contribution in [0.15, 0.2) is 18.2 Å². The Balaban J connectivity index is 2.15. The smallest absolute Gasteiger partial charge is 0.165 e. The van der Waals surface area contributed by atoms with E-state index in [-0.39, 0.29) is 11.7 Å². The molecule has 3 heteroatoms. The van der Waals surface area contributed by atoms with Crippen LogP contribution in [0.2, 0.25) is 0 Å². The molecule has 0 spiro atoms. The van der Waals surface area contributed by atoms with E-state index in [2.05, 4.69) is 6.92 Å². The minimum absolute atomic E-state index is 0.271. The van der Waals surface area contributed by atoms with E-state index in [1.807, 2.05) is 6.07 Å². The highest BCUT2D eigenvalue weighted by Gasteiger charge is 2.26. The topological polar surface area (TPSA) is 35.2 Å². The summed E-state index contributed by atoms with van der Waals surface area (Å²) in [5.41, 5.74) is 6.95. The molecule has 2 N–H and O–H groups in total. The third kappa shape index (κ3) is 3.27. The van der Waals surface area contributed by atoms with Crippen molar-refractivity contribution in [1.29, 1.82) is 0 Å². The van der Waals surface area contributed by atoms with Gasteiger partial charge >= 0.3 is 0 Å². The van der Waals surface area contributed by atoms with Crippen LogP contribution in [0.4, 0.5) is 4.39 Å².